The zero-order chi connectivity index (χ0) is 25.8. The lowest BCUT2D eigenvalue weighted by atomic mass is 9.85. The predicted octanol–water partition coefficient (Wildman–Crippen LogP) is 4.97. The highest BCUT2D eigenvalue weighted by atomic mass is 19.4. The third-order valence-corrected chi connectivity index (χ3v) is 6.23. The van der Waals surface area contributed by atoms with Crippen molar-refractivity contribution in [3.8, 4) is 0 Å². The van der Waals surface area contributed by atoms with Crippen LogP contribution < -0.4 is 10.6 Å². The van der Waals surface area contributed by atoms with Crippen molar-refractivity contribution in [1.29, 1.82) is 0 Å². The number of nitrogens with zero attached hydrogens (tertiary/aromatic N) is 2. The number of anilines is 1. The van der Waals surface area contributed by atoms with Gasteiger partial charge in [0.15, 0.2) is 0 Å². The van der Waals surface area contributed by atoms with E-state index in [1.165, 1.54) is 17.7 Å². The fraction of sp³-hybridized carbons (Fsp3) is 0.462. The lowest BCUT2D eigenvalue weighted by Crippen LogP contribution is -2.56. The molecule has 1 unspecified atom stereocenters. The van der Waals surface area contributed by atoms with E-state index in [1.54, 1.807) is 11.9 Å². The molecule has 0 saturated carbocycles. The Morgan fingerprint density at radius 3 is 2.40 bits per heavy atom. The normalized spacial score (nSPS) is 17.6. The summed E-state index contributed by atoms with van der Waals surface area (Å²) in [7, 11) is 1.74. The number of benzene rings is 2. The third-order valence-electron chi connectivity index (χ3n) is 6.23. The van der Waals surface area contributed by atoms with E-state index in [0.29, 0.717) is 0 Å². The second kappa shape index (κ2) is 10.7. The molecule has 0 aliphatic carbocycles. The van der Waals surface area contributed by atoms with Gasteiger partial charge in [0.25, 0.3) is 0 Å². The average molecular weight is 491 g/mol. The minimum Gasteiger partial charge on any atom is -0.340 e. The SMILES string of the molecule is CN(C(=O)[C@@H](NC(=O)Nc1cccc(C(F)(F)F)c1)C(C)(C)C)C1CCN(Cc2ccccc2)C1. The van der Waals surface area contributed by atoms with Crippen molar-refractivity contribution in [1.82, 2.24) is 15.1 Å². The van der Waals surface area contributed by atoms with E-state index < -0.39 is 29.2 Å². The van der Waals surface area contributed by atoms with E-state index in [4.69, 9.17) is 0 Å². The van der Waals surface area contributed by atoms with Crippen molar-refractivity contribution >= 4 is 17.6 Å². The molecule has 2 N–H and O–H groups in total. The Kier molecular flexibility index (Phi) is 8.10. The van der Waals surface area contributed by atoms with Crippen molar-refractivity contribution in [2.45, 2.75) is 52.0 Å². The van der Waals surface area contributed by atoms with Gasteiger partial charge in [-0.05, 0) is 35.6 Å². The molecule has 1 aliphatic heterocycles. The van der Waals surface area contributed by atoms with Crippen LogP contribution in [0.1, 0.15) is 38.3 Å². The van der Waals surface area contributed by atoms with Crippen LogP contribution in [0.15, 0.2) is 54.6 Å². The molecular formula is C26H33F3N4O2. The van der Waals surface area contributed by atoms with Gasteiger partial charge in [-0.25, -0.2) is 4.79 Å². The monoisotopic (exact) mass is 490 g/mol. The molecule has 0 bridgehead atoms. The molecule has 9 heteroatoms. The molecule has 1 fully saturated rings. The Bertz CT molecular complexity index is 1020. The lowest BCUT2D eigenvalue weighted by molar-refractivity contribution is -0.137. The van der Waals surface area contributed by atoms with Crippen LogP contribution in [0.3, 0.4) is 0 Å². The van der Waals surface area contributed by atoms with Gasteiger partial charge in [-0.1, -0.05) is 57.2 Å². The molecular weight excluding hydrogens is 457 g/mol. The van der Waals surface area contributed by atoms with E-state index >= 15 is 0 Å². The average Bonchev–Trinajstić information content (AvgIpc) is 3.24. The van der Waals surface area contributed by atoms with Gasteiger partial charge < -0.3 is 15.5 Å². The Labute approximate surface area is 204 Å². The summed E-state index contributed by atoms with van der Waals surface area (Å²) < 4.78 is 38.9. The summed E-state index contributed by atoms with van der Waals surface area (Å²) in [5.74, 6) is -0.233. The number of amides is 3. The second-order valence-electron chi connectivity index (χ2n) is 10.1. The number of urea groups is 1. The molecule has 2 aromatic carbocycles. The highest BCUT2D eigenvalue weighted by molar-refractivity contribution is 5.94. The smallest absolute Gasteiger partial charge is 0.340 e. The van der Waals surface area contributed by atoms with Crippen LogP contribution in [0.2, 0.25) is 0 Å². The Hall–Kier alpha value is -3.07. The Balaban J connectivity index is 1.63. The number of hydrogen-bond donors (Lipinski definition) is 2. The number of halogens is 3. The summed E-state index contributed by atoms with van der Waals surface area (Å²) in [5, 5.41) is 5.11. The quantitative estimate of drug-likeness (QED) is 0.601. The van der Waals surface area contributed by atoms with Gasteiger partial charge >= 0.3 is 12.2 Å². The van der Waals surface area contributed by atoms with E-state index in [1.807, 2.05) is 39.0 Å². The molecule has 2 aromatic rings. The highest BCUT2D eigenvalue weighted by Gasteiger charge is 2.38. The minimum atomic E-state index is -4.52. The maximum Gasteiger partial charge on any atom is 0.416 e. The van der Waals surface area contributed by atoms with E-state index in [2.05, 4.69) is 27.7 Å². The molecule has 1 heterocycles. The fourth-order valence-electron chi connectivity index (χ4n) is 4.22. The molecule has 190 valence electrons. The molecule has 0 aromatic heterocycles. The van der Waals surface area contributed by atoms with Gasteiger partial charge in [0.2, 0.25) is 5.91 Å². The Morgan fingerprint density at radius 2 is 1.77 bits per heavy atom. The van der Waals surface area contributed by atoms with Crippen LogP contribution in [-0.2, 0) is 17.5 Å². The van der Waals surface area contributed by atoms with Gasteiger partial charge in [-0.3, -0.25) is 9.69 Å². The molecule has 0 radical (unpaired) electrons. The molecule has 2 atom stereocenters. The lowest BCUT2D eigenvalue weighted by Gasteiger charge is -2.35. The van der Waals surface area contributed by atoms with Crippen LogP contribution >= 0.6 is 0 Å². The van der Waals surface area contributed by atoms with Gasteiger partial charge in [-0.2, -0.15) is 13.2 Å². The van der Waals surface area contributed by atoms with Crippen LogP contribution in [0.5, 0.6) is 0 Å². The van der Waals surface area contributed by atoms with Crippen LogP contribution in [0, 0.1) is 5.41 Å². The molecule has 6 nitrogen and oxygen atoms in total. The van der Waals surface area contributed by atoms with E-state index in [-0.39, 0.29) is 17.6 Å². The Morgan fingerprint density at radius 1 is 1.09 bits per heavy atom. The summed E-state index contributed by atoms with van der Waals surface area (Å²) in [6.45, 7) is 7.91. The predicted molar refractivity (Wildman–Crippen MR) is 130 cm³/mol. The second-order valence-corrected chi connectivity index (χ2v) is 10.1. The number of rotatable bonds is 6. The molecule has 35 heavy (non-hydrogen) atoms. The first-order valence-corrected chi connectivity index (χ1v) is 11.6. The zero-order valence-corrected chi connectivity index (χ0v) is 20.5. The van der Waals surface area contributed by atoms with Crippen LogP contribution in [0.25, 0.3) is 0 Å². The number of carbonyl (C=O) groups is 2. The number of likely N-dealkylation sites (N-methyl/N-ethyl adjacent to an activating group) is 1. The van der Waals surface area contributed by atoms with Crippen molar-refractivity contribution in [3.63, 3.8) is 0 Å². The first-order valence-electron chi connectivity index (χ1n) is 11.6. The maximum absolute atomic E-state index is 13.4. The number of alkyl halides is 3. The number of carbonyl (C=O) groups excluding carboxylic acids is 2. The molecule has 1 saturated heterocycles. The van der Waals surface area contributed by atoms with Gasteiger partial charge in [0.1, 0.15) is 6.04 Å². The summed E-state index contributed by atoms with van der Waals surface area (Å²) in [5.41, 5.74) is -0.265. The van der Waals surface area contributed by atoms with Crippen LogP contribution in [0.4, 0.5) is 23.7 Å². The van der Waals surface area contributed by atoms with Crippen molar-refractivity contribution in [2.75, 3.05) is 25.5 Å². The van der Waals surface area contributed by atoms with Crippen molar-refractivity contribution in [2.24, 2.45) is 5.41 Å². The highest BCUT2D eigenvalue weighted by Crippen LogP contribution is 2.31. The summed E-state index contributed by atoms with van der Waals surface area (Å²) in [6, 6.07) is 12.9. The molecule has 0 spiro atoms. The van der Waals surface area contributed by atoms with E-state index in [9.17, 15) is 22.8 Å². The topological polar surface area (TPSA) is 64.7 Å². The minimum absolute atomic E-state index is 0.00173. The summed E-state index contributed by atoms with van der Waals surface area (Å²) in [6.07, 6.45) is -3.70. The zero-order valence-electron chi connectivity index (χ0n) is 20.5. The number of hydrogen-bond acceptors (Lipinski definition) is 3. The fourth-order valence-corrected chi connectivity index (χ4v) is 4.22. The standard InChI is InChI=1S/C26H33F3N4O2/c1-25(2,3)22(31-24(35)30-20-12-8-11-19(15-20)26(27,28)29)23(34)32(4)21-13-14-33(17-21)16-18-9-6-5-7-10-18/h5-12,15,21-22H,13-14,16-17H2,1-4H3,(H2,30,31,35)/t21?,22-/m1/s1. The van der Waals surface area contributed by atoms with Gasteiger partial charge in [-0.15, -0.1) is 0 Å². The van der Waals surface area contributed by atoms with Crippen molar-refractivity contribution < 1.29 is 22.8 Å². The molecule has 1 aliphatic rings. The summed E-state index contributed by atoms with van der Waals surface area (Å²) in [4.78, 5) is 30.1. The largest absolute Gasteiger partial charge is 0.416 e. The first-order chi connectivity index (χ1) is 16.3. The van der Waals surface area contributed by atoms with Gasteiger partial charge in [0, 0.05) is 38.4 Å². The number of nitrogens with one attached hydrogen (secondary N) is 2. The van der Waals surface area contributed by atoms with E-state index in [0.717, 1.165) is 38.2 Å². The summed E-state index contributed by atoms with van der Waals surface area (Å²) >= 11 is 0. The maximum atomic E-state index is 13.4. The molecule has 3 rings (SSSR count). The number of likely N-dealkylation sites (tertiary alicyclic amines) is 1. The molecule has 3 amide bonds. The third kappa shape index (κ3) is 7.21. The van der Waals surface area contributed by atoms with Gasteiger partial charge in [0.05, 0.1) is 5.56 Å². The van der Waals surface area contributed by atoms with Crippen LogP contribution in [-0.4, -0.2) is 54.0 Å². The van der Waals surface area contributed by atoms with Crippen molar-refractivity contribution in [3.05, 3.63) is 65.7 Å². The first kappa shape index (κ1) is 26.5.